The maximum absolute atomic E-state index is 13.9. The molecule has 1 fully saturated rings. The Morgan fingerprint density at radius 2 is 2.00 bits per heavy atom. The molecule has 1 saturated carbocycles. The summed E-state index contributed by atoms with van der Waals surface area (Å²) in [4.78, 5) is -0.346. The maximum atomic E-state index is 13.9. The lowest BCUT2D eigenvalue weighted by Crippen LogP contribution is -2.51. The fourth-order valence-corrected chi connectivity index (χ4v) is 4.50. The minimum Gasteiger partial charge on any atom is -0.329 e. The molecular weight excluding hydrogens is 335 g/mol. The summed E-state index contributed by atoms with van der Waals surface area (Å²) in [6.45, 7) is 0.224. The van der Waals surface area contributed by atoms with Crippen molar-refractivity contribution in [3.05, 3.63) is 28.5 Å². The molecule has 1 aromatic carbocycles. The van der Waals surface area contributed by atoms with Gasteiger partial charge >= 0.3 is 0 Å². The van der Waals surface area contributed by atoms with E-state index in [0.717, 1.165) is 12.8 Å². The summed E-state index contributed by atoms with van der Waals surface area (Å²) in [5.41, 5.74) is 5.06. The standard InChI is InChI=1S/C12H16BrFN2O2S/c13-9-4-3-5-10(11(9)14)19(17,18)16-12(8-15)6-1-2-7-12/h3-5,16H,1-2,6-8,15H2. The first-order chi connectivity index (χ1) is 8.90. The van der Waals surface area contributed by atoms with Crippen molar-refractivity contribution in [1.29, 1.82) is 0 Å². The van der Waals surface area contributed by atoms with Gasteiger partial charge in [-0.25, -0.2) is 17.5 Å². The number of hydrogen-bond donors (Lipinski definition) is 2. The SMILES string of the molecule is NCC1(NS(=O)(=O)c2cccc(Br)c2F)CCCC1. The lowest BCUT2D eigenvalue weighted by molar-refractivity contribution is 0.398. The smallest absolute Gasteiger partial charge is 0.244 e. The molecule has 4 nitrogen and oxygen atoms in total. The van der Waals surface area contributed by atoms with Crippen molar-refractivity contribution >= 4 is 26.0 Å². The lowest BCUT2D eigenvalue weighted by atomic mass is 10.0. The maximum Gasteiger partial charge on any atom is 0.244 e. The molecule has 2 rings (SSSR count). The van der Waals surface area contributed by atoms with Crippen LogP contribution >= 0.6 is 15.9 Å². The van der Waals surface area contributed by atoms with Crippen molar-refractivity contribution < 1.29 is 12.8 Å². The van der Waals surface area contributed by atoms with Gasteiger partial charge in [0.05, 0.1) is 4.47 Å². The zero-order valence-electron chi connectivity index (χ0n) is 10.3. The Balaban J connectivity index is 2.35. The van der Waals surface area contributed by atoms with Crippen molar-refractivity contribution in [3.8, 4) is 0 Å². The lowest BCUT2D eigenvalue weighted by Gasteiger charge is -2.28. The molecule has 7 heteroatoms. The average Bonchev–Trinajstić information content (AvgIpc) is 2.81. The van der Waals surface area contributed by atoms with Gasteiger partial charge in [-0.3, -0.25) is 0 Å². The number of halogens is 2. The molecule has 0 bridgehead atoms. The number of hydrogen-bond acceptors (Lipinski definition) is 3. The number of nitrogens with one attached hydrogen (secondary N) is 1. The van der Waals surface area contributed by atoms with Crippen molar-refractivity contribution in [1.82, 2.24) is 4.72 Å². The molecule has 0 atom stereocenters. The third-order valence-corrected chi connectivity index (χ3v) is 5.72. The molecule has 1 aromatic rings. The number of nitrogens with two attached hydrogens (primary N) is 1. The van der Waals surface area contributed by atoms with Crippen LogP contribution in [0.2, 0.25) is 0 Å². The molecule has 0 saturated heterocycles. The Hall–Kier alpha value is -0.500. The van der Waals surface area contributed by atoms with Gasteiger partial charge in [0.2, 0.25) is 10.0 Å². The Morgan fingerprint density at radius 3 is 2.58 bits per heavy atom. The van der Waals surface area contributed by atoms with Gasteiger partial charge in [0.1, 0.15) is 4.90 Å². The zero-order chi connectivity index (χ0) is 14.1. The van der Waals surface area contributed by atoms with E-state index in [0.29, 0.717) is 12.8 Å². The summed E-state index contributed by atoms with van der Waals surface area (Å²) in [5.74, 6) is -0.778. The molecule has 0 heterocycles. The minimum atomic E-state index is -3.90. The first-order valence-electron chi connectivity index (χ1n) is 6.08. The molecule has 3 N–H and O–H groups in total. The van der Waals surface area contributed by atoms with Crippen LogP contribution in [0.25, 0.3) is 0 Å². The van der Waals surface area contributed by atoms with Crippen LogP contribution in [0.3, 0.4) is 0 Å². The molecule has 1 aliphatic carbocycles. The molecule has 106 valence electrons. The fraction of sp³-hybridized carbons (Fsp3) is 0.500. The van der Waals surface area contributed by atoms with E-state index < -0.39 is 21.4 Å². The molecule has 0 amide bonds. The van der Waals surface area contributed by atoms with Crippen molar-refractivity contribution in [2.24, 2.45) is 5.73 Å². The van der Waals surface area contributed by atoms with Crippen LogP contribution in [0.1, 0.15) is 25.7 Å². The molecule has 0 unspecified atom stereocenters. The van der Waals surface area contributed by atoms with E-state index in [1.165, 1.54) is 18.2 Å². The molecule has 0 aromatic heterocycles. The Kier molecular flexibility index (Phi) is 4.29. The molecule has 0 radical (unpaired) electrons. The first-order valence-corrected chi connectivity index (χ1v) is 8.36. The van der Waals surface area contributed by atoms with Gasteiger partial charge in [0.15, 0.2) is 5.82 Å². The summed E-state index contributed by atoms with van der Waals surface area (Å²) in [5, 5.41) is 0. The molecule has 19 heavy (non-hydrogen) atoms. The number of rotatable bonds is 4. The van der Waals surface area contributed by atoms with Gasteiger partial charge in [0.25, 0.3) is 0 Å². The van der Waals surface area contributed by atoms with E-state index >= 15 is 0 Å². The normalized spacial score (nSPS) is 18.7. The second-order valence-corrected chi connectivity index (χ2v) is 7.35. The highest BCUT2D eigenvalue weighted by Gasteiger charge is 2.37. The highest BCUT2D eigenvalue weighted by molar-refractivity contribution is 9.10. The van der Waals surface area contributed by atoms with Crippen LogP contribution in [-0.2, 0) is 10.0 Å². The molecule has 0 spiro atoms. The van der Waals surface area contributed by atoms with Crippen LogP contribution in [-0.4, -0.2) is 20.5 Å². The van der Waals surface area contributed by atoms with Crippen molar-refractivity contribution in [2.75, 3.05) is 6.54 Å². The Labute approximate surface area is 120 Å². The van der Waals surface area contributed by atoms with Crippen LogP contribution in [0.15, 0.2) is 27.6 Å². The first kappa shape index (κ1) is 14.9. The van der Waals surface area contributed by atoms with E-state index in [2.05, 4.69) is 20.7 Å². The summed E-state index contributed by atoms with van der Waals surface area (Å²) in [6.07, 6.45) is 3.25. The summed E-state index contributed by atoms with van der Waals surface area (Å²) >= 11 is 2.99. The number of benzene rings is 1. The Bertz CT molecular complexity index is 571. The molecular formula is C12H16BrFN2O2S. The van der Waals surface area contributed by atoms with Gasteiger partial charge < -0.3 is 5.73 Å². The minimum absolute atomic E-state index is 0.128. The van der Waals surface area contributed by atoms with Crippen molar-refractivity contribution in [3.63, 3.8) is 0 Å². The predicted octanol–water partition coefficient (Wildman–Crippen LogP) is 2.14. The third-order valence-electron chi connectivity index (χ3n) is 3.51. The topological polar surface area (TPSA) is 72.2 Å². The average molecular weight is 351 g/mol. The number of sulfonamides is 1. The quantitative estimate of drug-likeness (QED) is 0.873. The van der Waals surface area contributed by atoms with Gasteiger partial charge in [0, 0.05) is 12.1 Å². The fourth-order valence-electron chi connectivity index (χ4n) is 2.43. The largest absolute Gasteiger partial charge is 0.329 e. The third kappa shape index (κ3) is 2.99. The highest BCUT2D eigenvalue weighted by Crippen LogP contribution is 2.31. The van der Waals surface area contributed by atoms with E-state index in [1.807, 2.05) is 0 Å². The van der Waals surface area contributed by atoms with Gasteiger partial charge in [-0.15, -0.1) is 0 Å². The van der Waals surface area contributed by atoms with Gasteiger partial charge in [-0.2, -0.15) is 0 Å². The van der Waals surface area contributed by atoms with Gasteiger partial charge in [-0.05, 0) is 40.9 Å². The van der Waals surface area contributed by atoms with Crippen LogP contribution in [0.4, 0.5) is 4.39 Å². The van der Waals surface area contributed by atoms with E-state index in [1.54, 1.807) is 0 Å². The van der Waals surface area contributed by atoms with Crippen LogP contribution in [0, 0.1) is 5.82 Å². The summed E-state index contributed by atoms with van der Waals surface area (Å²) < 4.78 is 41.2. The molecule has 1 aliphatic rings. The summed E-state index contributed by atoms with van der Waals surface area (Å²) in [7, 11) is -3.90. The zero-order valence-corrected chi connectivity index (χ0v) is 12.7. The van der Waals surface area contributed by atoms with Crippen LogP contribution < -0.4 is 10.5 Å². The predicted molar refractivity (Wildman–Crippen MR) is 74.7 cm³/mol. The van der Waals surface area contributed by atoms with E-state index in [-0.39, 0.29) is 15.9 Å². The van der Waals surface area contributed by atoms with Crippen LogP contribution in [0.5, 0.6) is 0 Å². The van der Waals surface area contributed by atoms with Gasteiger partial charge in [-0.1, -0.05) is 18.9 Å². The van der Waals surface area contributed by atoms with E-state index in [9.17, 15) is 12.8 Å². The summed E-state index contributed by atoms with van der Waals surface area (Å²) in [6, 6.07) is 4.20. The Morgan fingerprint density at radius 1 is 1.37 bits per heavy atom. The highest BCUT2D eigenvalue weighted by atomic mass is 79.9. The second-order valence-electron chi connectivity index (χ2n) is 4.85. The molecule has 0 aliphatic heterocycles. The van der Waals surface area contributed by atoms with E-state index in [4.69, 9.17) is 5.73 Å². The van der Waals surface area contributed by atoms with Crippen molar-refractivity contribution in [2.45, 2.75) is 36.1 Å². The second kappa shape index (κ2) is 5.47. The monoisotopic (exact) mass is 350 g/mol.